The van der Waals surface area contributed by atoms with Crippen molar-refractivity contribution in [1.29, 1.82) is 0 Å². The number of fused-ring (bicyclic) bond motifs is 1. The van der Waals surface area contributed by atoms with E-state index in [0.29, 0.717) is 95.2 Å². The first-order valence-corrected chi connectivity index (χ1v) is 21.5. The molecule has 0 saturated carbocycles. The predicted octanol–water partition coefficient (Wildman–Crippen LogP) is 5.19. The number of rotatable bonds is 17. The number of nitrogens with one attached hydrogen (secondary N) is 2. The van der Waals surface area contributed by atoms with Gasteiger partial charge >= 0.3 is 6.09 Å². The Labute approximate surface area is 374 Å². The number of nitrogens with two attached hydrogens (primary N) is 2. The first kappa shape index (κ1) is 45.6. The second kappa shape index (κ2) is 18.3. The van der Waals surface area contributed by atoms with Gasteiger partial charge in [-0.05, 0) is 104 Å². The number of carbonyl (C=O) groups is 5. The standard InChI is InChI=1S/C44H55N13O8/c1-9-55-31(17-24(3)51-55)39(60)49-41-47-29-19-26(37(45)58)21-33(63-16-12-14-53(8)43(62)65-44(5,6)7)35(29)54(41)15-11-13-28-23-64-34-22-27(38(46)59)20-30-36(34)57(28)42(48-30)50-40(61)32-18-25(4)52-56(32)10-2/h17-22,28H,9-16,23H2,1-8H3,(H2,45,58)(H2,46,59)(H,47,49,60)(H,48,50,61)/t28-/m0/s1. The van der Waals surface area contributed by atoms with E-state index in [9.17, 15) is 24.0 Å². The fraction of sp³-hybridized carbons (Fsp3) is 0.432. The second-order valence-electron chi connectivity index (χ2n) is 16.9. The molecule has 6 aromatic rings. The van der Waals surface area contributed by atoms with E-state index in [4.69, 9.17) is 35.6 Å². The number of ether oxygens (including phenoxy) is 3. The monoisotopic (exact) mass is 893 g/mol. The summed E-state index contributed by atoms with van der Waals surface area (Å²) in [5.74, 6) is -1.08. The minimum absolute atomic E-state index is 0.145. The summed E-state index contributed by atoms with van der Waals surface area (Å²) in [5, 5.41) is 14.8. The lowest BCUT2D eigenvalue weighted by Gasteiger charge is -2.27. The molecule has 21 heteroatoms. The number of hydrogen-bond donors (Lipinski definition) is 4. The van der Waals surface area contributed by atoms with E-state index in [1.165, 1.54) is 11.0 Å². The molecule has 7 rings (SSSR count). The number of anilines is 2. The van der Waals surface area contributed by atoms with Crippen LogP contribution in [0.1, 0.15) is 113 Å². The smallest absolute Gasteiger partial charge is 0.410 e. The van der Waals surface area contributed by atoms with E-state index >= 15 is 0 Å². The molecular formula is C44H55N13O8. The number of hydrogen-bond acceptors (Lipinski definition) is 12. The number of primary amides is 2. The first-order valence-electron chi connectivity index (χ1n) is 21.5. The van der Waals surface area contributed by atoms with Gasteiger partial charge in [-0.15, -0.1) is 0 Å². The molecule has 5 heterocycles. The lowest BCUT2D eigenvalue weighted by molar-refractivity contribution is 0.0291. The maximum atomic E-state index is 13.9. The summed E-state index contributed by atoms with van der Waals surface area (Å²) in [6, 6.07) is 9.23. The van der Waals surface area contributed by atoms with Crippen LogP contribution in [0, 0.1) is 13.8 Å². The lowest BCUT2D eigenvalue weighted by Crippen LogP contribution is -2.35. The van der Waals surface area contributed by atoms with Crippen molar-refractivity contribution in [3.05, 3.63) is 70.3 Å². The Balaban J connectivity index is 1.22. The zero-order chi connectivity index (χ0) is 46.9. The minimum atomic E-state index is -0.701. The van der Waals surface area contributed by atoms with Crippen molar-refractivity contribution < 1.29 is 38.2 Å². The van der Waals surface area contributed by atoms with E-state index < -0.39 is 35.3 Å². The molecule has 1 atom stereocenters. The summed E-state index contributed by atoms with van der Waals surface area (Å²) in [4.78, 5) is 76.2. The summed E-state index contributed by atoms with van der Waals surface area (Å²) >= 11 is 0. The normalized spacial score (nSPS) is 13.4. The van der Waals surface area contributed by atoms with Crippen LogP contribution < -0.4 is 31.6 Å². The Bertz CT molecular complexity index is 2830. The molecule has 1 aliphatic heterocycles. The van der Waals surface area contributed by atoms with E-state index in [1.54, 1.807) is 74.4 Å². The number of carbonyl (C=O) groups excluding carboxylic acids is 5. The van der Waals surface area contributed by atoms with E-state index in [-0.39, 0.29) is 48.8 Å². The Hall–Kier alpha value is -7.45. The summed E-state index contributed by atoms with van der Waals surface area (Å²) in [5.41, 5.74) is 15.0. The number of imidazole rings is 2. The summed E-state index contributed by atoms with van der Waals surface area (Å²) in [7, 11) is 1.64. The highest BCUT2D eigenvalue weighted by molar-refractivity contribution is 6.05. The maximum Gasteiger partial charge on any atom is 0.410 e. The molecule has 6 N–H and O–H groups in total. The van der Waals surface area contributed by atoms with Crippen molar-refractivity contribution in [1.82, 2.24) is 43.6 Å². The third-order valence-corrected chi connectivity index (χ3v) is 10.8. The van der Waals surface area contributed by atoms with Crippen LogP contribution in [0.25, 0.3) is 22.1 Å². The van der Waals surface area contributed by atoms with Crippen LogP contribution in [0.2, 0.25) is 0 Å². The van der Waals surface area contributed by atoms with Gasteiger partial charge in [0, 0.05) is 44.4 Å². The van der Waals surface area contributed by atoms with Gasteiger partial charge in [0.1, 0.15) is 46.1 Å². The first-order chi connectivity index (χ1) is 30.8. The van der Waals surface area contributed by atoms with Crippen molar-refractivity contribution >= 4 is 63.7 Å². The van der Waals surface area contributed by atoms with Gasteiger partial charge in [-0.2, -0.15) is 10.2 Å². The zero-order valence-corrected chi connectivity index (χ0v) is 37.9. The van der Waals surface area contributed by atoms with Crippen LogP contribution in [-0.4, -0.2) is 106 Å². The summed E-state index contributed by atoms with van der Waals surface area (Å²) in [6.07, 6.45) is 0.883. The van der Waals surface area contributed by atoms with Gasteiger partial charge in [0.25, 0.3) is 11.8 Å². The number of aryl methyl sites for hydroxylation is 5. The Morgan fingerprint density at radius 3 is 1.97 bits per heavy atom. The van der Waals surface area contributed by atoms with Gasteiger partial charge in [0.15, 0.2) is 0 Å². The lowest BCUT2D eigenvalue weighted by atomic mass is 10.1. The highest BCUT2D eigenvalue weighted by Crippen LogP contribution is 2.39. The molecule has 0 spiro atoms. The number of amides is 5. The third-order valence-electron chi connectivity index (χ3n) is 10.8. The number of nitrogens with zero attached hydrogens (tertiary/aromatic N) is 9. The van der Waals surface area contributed by atoms with Gasteiger partial charge in [-0.3, -0.25) is 39.2 Å². The molecule has 0 bridgehead atoms. The number of benzene rings is 2. The quantitative estimate of drug-likeness (QED) is 0.0863. The van der Waals surface area contributed by atoms with Gasteiger partial charge < -0.3 is 39.7 Å². The van der Waals surface area contributed by atoms with Crippen molar-refractivity contribution in [2.45, 2.75) is 99.0 Å². The Morgan fingerprint density at radius 1 is 0.815 bits per heavy atom. The van der Waals surface area contributed by atoms with Crippen LogP contribution in [-0.2, 0) is 24.4 Å². The van der Waals surface area contributed by atoms with Crippen molar-refractivity contribution in [2.75, 3.05) is 37.4 Å². The number of aromatic nitrogens is 8. The minimum Gasteiger partial charge on any atom is -0.491 e. The van der Waals surface area contributed by atoms with Crippen LogP contribution >= 0.6 is 0 Å². The molecule has 0 fully saturated rings. The SMILES string of the molecule is CCn1nc(C)cc1C(=O)Nc1nc2cc(C(N)=O)cc(OCCCN(C)C(=O)OC(C)(C)C)c2n1CCC[C@H]1COc2cc(C(N)=O)cc3nc(NC(=O)c4cc(C)nn4CC)n1c23. The van der Waals surface area contributed by atoms with Gasteiger partial charge in [-0.1, -0.05) is 0 Å². The van der Waals surface area contributed by atoms with Crippen LogP contribution in [0.3, 0.4) is 0 Å². The molecular weight excluding hydrogens is 839 g/mol. The molecule has 5 amide bonds. The average molecular weight is 894 g/mol. The van der Waals surface area contributed by atoms with E-state index in [1.807, 2.05) is 29.9 Å². The Kier molecular flexibility index (Phi) is 12.9. The Morgan fingerprint density at radius 2 is 1.38 bits per heavy atom. The predicted molar refractivity (Wildman–Crippen MR) is 240 cm³/mol. The zero-order valence-electron chi connectivity index (χ0n) is 37.9. The molecule has 65 heavy (non-hydrogen) atoms. The van der Waals surface area contributed by atoms with Crippen LogP contribution in [0.5, 0.6) is 11.5 Å². The van der Waals surface area contributed by atoms with Crippen LogP contribution in [0.4, 0.5) is 16.7 Å². The summed E-state index contributed by atoms with van der Waals surface area (Å²) < 4.78 is 25.0. The topological polar surface area (TPSA) is 264 Å². The molecule has 0 aliphatic carbocycles. The molecule has 0 unspecified atom stereocenters. The molecule has 0 saturated heterocycles. The molecule has 0 radical (unpaired) electrons. The van der Waals surface area contributed by atoms with Crippen molar-refractivity contribution in [2.24, 2.45) is 11.5 Å². The molecule has 344 valence electrons. The van der Waals surface area contributed by atoms with Crippen molar-refractivity contribution in [3.63, 3.8) is 0 Å². The summed E-state index contributed by atoms with van der Waals surface area (Å²) in [6.45, 7) is 14.6. The molecule has 4 aromatic heterocycles. The van der Waals surface area contributed by atoms with Crippen molar-refractivity contribution in [3.8, 4) is 11.5 Å². The fourth-order valence-corrected chi connectivity index (χ4v) is 7.83. The second-order valence-corrected chi connectivity index (χ2v) is 16.9. The van der Waals surface area contributed by atoms with E-state index in [0.717, 1.165) is 0 Å². The van der Waals surface area contributed by atoms with Crippen LogP contribution in [0.15, 0.2) is 36.4 Å². The maximum absolute atomic E-state index is 13.9. The molecule has 1 aliphatic rings. The molecule has 21 nitrogen and oxygen atoms in total. The average Bonchev–Trinajstić information content (AvgIpc) is 4.02. The third kappa shape index (κ3) is 9.72. The highest BCUT2D eigenvalue weighted by atomic mass is 16.6. The highest BCUT2D eigenvalue weighted by Gasteiger charge is 2.30. The fourth-order valence-electron chi connectivity index (χ4n) is 7.83. The van der Waals surface area contributed by atoms with Gasteiger partial charge in [-0.25, -0.2) is 14.8 Å². The largest absolute Gasteiger partial charge is 0.491 e. The van der Waals surface area contributed by atoms with Gasteiger partial charge in [0.2, 0.25) is 23.7 Å². The molecule has 2 aromatic carbocycles. The van der Waals surface area contributed by atoms with Gasteiger partial charge in [0.05, 0.1) is 35.1 Å². The van der Waals surface area contributed by atoms with E-state index in [2.05, 4.69) is 20.8 Å².